The molecular weight excluding hydrogens is 256 g/mol. The summed E-state index contributed by atoms with van der Waals surface area (Å²) in [5, 5.41) is 15.1. The third-order valence-electron chi connectivity index (χ3n) is 5.56. The van der Waals surface area contributed by atoms with Crippen LogP contribution in [0, 0.1) is 23.7 Å². The average Bonchev–Trinajstić information content (AvgIpc) is 3.12. The molecule has 3 saturated carbocycles. The van der Waals surface area contributed by atoms with Crippen molar-refractivity contribution in [3.05, 3.63) is 0 Å². The molecular formula is C15H24N2O3. The zero-order chi connectivity index (χ0) is 14.1. The zero-order valence-electron chi connectivity index (χ0n) is 11.8. The zero-order valence-corrected chi connectivity index (χ0v) is 11.8. The van der Waals surface area contributed by atoms with Gasteiger partial charge in [0, 0.05) is 12.6 Å². The van der Waals surface area contributed by atoms with E-state index in [1.165, 1.54) is 19.3 Å². The summed E-state index contributed by atoms with van der Waals surface area (Å²) in [5.41, 5.74) is 0. The molecule has 0 saturated heterocycles. The lowest BCUT2D eigenvalue weighted by Crippen LogP contribution is -2.46. The summed E-state index contributed by atoms with van der Waals surface area (Å²) in [5.74, 6) is 0.583. The van der Waals surface area contributed by atoms with Crippen molar-refractivity contribution < 1.29 is 14.7 Å². The molecule has 5 heteroatoms. The van der Waals surface area contributed by atoms with Gasteiger partial charge in [-0.05, 0) is 49.9 Å². The third kappa shape index (κ3) is 2.76. The van der Waals surface area contributed by atoms with Crippen molar-refractivity contribution in [1.29, 1.82) is 0 Å². The normalized spacial score (nSPS) is 38.9. The lowest BCUT2D eigenvalue weighted by molar-refractivity contribution is -0.142. The molecule has 2 amide bonds. The van der Waals surface area contributed by atoms with E-state index in [1.54, 1.807) is 0 Å². The van der Waals surface area contributed by atoms with Crippen LogP contribution in [0.5, 0.6) is 0 Å². The Morgan fingerprint density at radius 2 is 1.95 bits per heavy atom. The van der Waals surface area contributed by atoms with Crippen molar-refractivity contribution in [1.82, 2.24) is 10.6 Å². The van der Waals surface area contributed by atoms with E-state index in [-0.39, 0.29) is 17.9 Å². The highest BCUT2D eigenvalue weighted by Gasteiger charge is 2.40. The number of rotatable bonds is 4. The van der Waals surface area contributed by atoms with Crippen LogP contribution in [0.4, 0.5) is 4.79 Å². The van der Waals surface area contributed by atoms with E-state index in [9.17, 15) is 9.59 Å². The second-order valence-corrected chi connectivity index (χ2v) is 6.77. The average molecular weight is 280 g/mol. The number of urea groups is 1. The van der Waals surface area contributed by atoms with E-state index >= 15 is 0 Å². The minimum Gasteiger partial charge on any atom is -0.481 e. The molecule has 5 atom stereocenters. The maximum absolute atomic E-state index is 11.9. The molecule has 3 rings (SSSR count). The molecule has 3 aliphatic rings. The number of carboxylic acids is 1. The van der Waals surface area contributed by atoms with Gasteiger partial charge >= 0.3 is 12.0 Å². The Hall–Kier alpha value is -1.26. The molecule has 112 valence electrons. The van der Waals surface area contributed by atoms with Crippen LogP contribution in [0.25, 0.3) is 0 Å². The summed E-state index contributed by atoms with van der Waals surface area (Å²) in [6, 6.07) is 0.228. The fourth-order valence-electron chi connectivity index (χ4n) is 4.47. The molecule has 2 bridgehead atoms. The van der Waals surface area contributed by atoms with Crippen LogP contribution in [-0.2, 0) is 4.79 Å². The van der Waals surface area contributed by atoms with Gasteiger partial charge in [0.05, 0.1) is 5.92 Å². The highest BCUT2D eigenvalue weighted by Crippen LogP contribution is 2.44. The SMILES string of the molecule is O=C(NCC1CCCC1C(=O)O)NC1CC2CCC1C2. The van der Waals surface area contributed by atoms with Gasteiger partial charge in [-0.2, -0.15) is 0 Å². The third-order valence-corrected chi connectivity index (χ3v) is 5.56. The summed E-state index contributed by atoms with van der Waals surface area (Å²) in [7, 11) is 0. The monoisotopic (exact) mass is 280 g/mol. The maximum Gasteiger partial charge on any atom is 0.315 e. The predicted molar refractivity (Wildman–Crippen MR) is 74.2 cm³/mol. The molecule has 0 aromatic carbocycles. The summed E-state index contributed by atoms with van der Waals surface area (Å²) in [6.45, 7) is 0.490. The van der Waals surface area contributed by atoms with Crippen LogP contribution < -0.4 is 10.6 Å². The van der Waals surface area contributed by atoms with Crippen molar-refractivity contribution >= 4 is 12.0 Å². The van der Waals surface area contributed by atoms with Gasteiger partial charge in [-0.1, -0.05) is 12.8 Å². The van der Waals surface area contributed by atoms with E-state index in [0.717, 1.165) is 31.6 Å². The Balaban J connectivity index is 1.42. The van der Waals surface area contributed by atoms with Crippen molar-refractivity contribution in [3.63, 3.8) is 0 Å². The number of nitrogens with one attached hydrogen (secondary N) is 2. The number of fused-ring (bicyclic) bond motifs is 2. The molecule has 0 spiro atoms. The molecule has 20 heavy (non-hydrogen) atoms. The van der Waals surface area contributed by atoms with Crippen molar-refractivity contribution in [2.45, 2.75) is 51.0 Å². The minimum absolute atomic E-state index is 0.0956. The fourth-order valence-corrected chi connectivity index (χ4v) is 4.47. The number of hydrogen-bond acceptors (Lipinski definition) is 2. The lowest BCUT2D eigenvalue weighted by atomic mass is 9.95. The molecule has 3 fully saturated rings. The van der Waals surface area contributed by atoms with Gasteiger partial charge in [0.25, 0.3) is 0 Å². The topological polar surface area (TPSA) is 78.4 Å². The van der Waals surface area contributed by atoms with Crippen LogP contribution in [-0.4, -0.2) is 29.7 Å². The van der Waals surface area contributed by atoms with E-state index < -0.39 is 5.97 Å². The van der Waals surface area contributed by atoms with Crippen molar-refractivity contribution in [3.8, 4) is 0 Å². The number of carbonyl (C=O) groups is 2. The van der Waals surface area contributed by atoms with Crippen LogP contribution in [0.2, 0.25) is 0 Å². The smallest absolute Gasteiger partial charge is 0.315 e. The van der Waals surface area contributed by atoms with Gasteiger partial charge in [-0.15, -0.1) is 0 Å². The summed E-state index contributed by atoms with van der Waals surface area (Å²) < 4.78 is 0. The molecule has 3 N–H and O–H groups in total. The minimum atomic E-state index is -0.720. The van der Waals surface area contributed by atoms with Crippen molar-refractivity contribution in [2.24, 2.45) is 23.7 Å². The van der Waals surface area contributed by atoms with Crippen LogP contribution in [0.3, 0.4) is 0 Å². The Morgan fingerprint density at radius 3 is 2.60 bits per heavy atom. The first-order valence-corrected chi connectivity index (χ1v) is 7.90. The number of hydrogen-bond donors (Lipinski definition) is 3. The Labute approximate surface area is 119 Å². The number of carboxylic acid groups (broad SMARTS) is 1. The Bertz CT molecular complexity index is 399. The summed E-state index contributed by atoms with van der Waals surface area (Å²) in [6.07, 6.45) is 7.58. The second-order valence-electron chi connectivity index (χ2n) is 6.77. The van der Waals surface area contributed by atoms with Crippen LogP contribution in [0.1, 0.15) is 44.9 Å². The van der Waals surface area contributed by atoms with Gasteiger partial charge in [0.1, 0.15) is 0 Å². The maximum atomic E-state index is 11.9. The van der Waals surface area contributed by atoms with E-state index in [4.69, 9.17) is 5.11 Å². The molecule has 0 aromatic rings. The predicted octanol–water partition coefficient (Wildman–Crippen LogP) is 1.98. The van der Waals surface area contributed by atoms with Gasteiger partial charge in [0.15, 0.2) is 0 Å². The Morgan fingerprint density at radius 1 is 1.10 bits per heavy atom. The van der Waals surface area contributed by atoms with Gasteiger partial charge in [-0.25, -0.2) is 4.79 Å². The first-order valence-electron chi connectivity index (χ1n) is 7.90. The van der Waals surface area contributed by atoms with Crippen LogP contribution >= 0.6 is 0 Å². The Kier molecular flexibility index (Phi) is 3.85. The lowest BCUT2D eigenvalue weighted by Gasteiger charge is -2.24. The highest BCUT2D eigenvalue weighted by molar-refractivity contribution is 5.74. The molecule has 0 radical (unpaired) electrons. The summed E-state index contributed by atoms with van der Waals surface area (Å²) >= 11 is 0. The first-order chi connectivity index (χ1) is 9.63. The molecule has 0 aromatic heterocycles. The van der Waals surface area contributed by atoms with Crippen molar-refractivity contribution in [2.75, 3.05) is 6.54 Å². The van der Waals surface area contributed by atoms with E-state index in [2.05, 4.69) is 10.6 Å². The summed E-state index contributed by atoms with van der Waals surface area (Å²) in [4.78, 5) is 23.0. The van der Waals surface area contributed by atoms with Crippen LogP contribution in [0.15, 0.2) is 0 Å². The number of amides is 2. The molecule has 5 unspecified atom stereocenters. The molecule has 3 aliphatic carbocycles. The standard InChI is InChI=1S/C15H24N2O3/c18-14(19)12-3-1-2-11(12)8-16-15(20)17-13-7-9-4-5-10(13)6-9/h9-13H,1-8H2,(H,18,19)(H2,16,17,20). The molecule has 0 aliphatic heterocycles. The first kappa shape index (κ1) is 13.7. The van der Waals surface area contributed by atoms with E-state index in [0.29, 0.717) is 18.5 Å². The molecule has 5 nitrogen and oxygen atoms in total. The molecule has 0 heterocycles. The number of carbonyl (C=O) groups excluding carboxylic acids is 1. The largest absolute Gasteiger partial charge is 0.481 e. The van der Waals surface area contributed by atoms with Gasteiger partial charge in [0.2, 0.25) is 0 Å². The highest BCUT2D eigenvalue weighted by atomic mass is 16.4. The van der Waals surface area contributed by atoms with E-state index in [1.807, 2.05) is 0 Å². The van der Waals surface area contributed by atoms with Gasteiger partial charge in [-0.3, -0.25) is 4.79 Å². The quantitative estimate of drug-likeness (QED) is 0.736. The number of aliphatic carboxylic acids is 1. The second kappa shape index (κ2) is 5.62. The fraction of sp³-hybridized carbons (Fsp3) is 0.867. The van der Waals surface area contributed by atoms with Gasteiger partial charge < -0.3 is 15.7 Å².